The summed E-state index contributed by atoms with van der Waals surface area (Å²) in [4.78, 5) is 12.9. The molecule has 0 spiro atoms. The maximum Gasteiger partial charge on any atom is 0.223 e. The molecule has 18 heavy (non-hydrogen) atoms. The van der Waals surface area contributed by atoms with E-state index in [1.54, 1.807) is 14.1 Å². The lowest BCUT2D eigenvalue weighted by Crippen LogP contribution is -2.28. The van der Waals surface area contributed by atoms with Crippen molar-refractivity contribution in [3.8, 4) is 5.75 Å². The van der Waals surface area contributed by atoms with Crippen molar-refractivity contribution in [2.24, 2.45) is 0 Å². The maximum absolute atomic E-state index is 13.1. The van der Waals surface area contributed by atoms with Gasteiger partial charge in [0.2, 0.25) is 5.91 Å². The molecule has 0 radical (unpaired) electrons. The van der Waals surface area contributed by atoms with E-state index in [0.717, 1.165) is 0 Å². The number of benzene rings is 1. The molecule has 0 aliphatic rings. The van der Waals surface area contributed by atoms with E-state index in [1.807, 2.05) is 6.92 Å². The second-order valence-electron chi connectivity index (χ2n) is 4.42. The van der Waals surface area contributed by atoms with Crippen LogP contribution in [0.4, 0.5) is 4.39 Å². The molecule has 0 heterocycles. The number of aromatic hydroxyl groups is 1. The lowest BCUT2D eigenvalue weighted by atomic mass is 10.1. The highest BCUT2D eigenvalue weighted by molar-refractivity contribution is 5.75. The van der Waals surface area contributed by atoms with Crippen LogP contribution in [0.1, 0.15) is 24.9 Å². The summed E-state index contributed by atoms with van der Waals surface area (Å²) in [7, 11) is 3.40. The average Bonchev–Trinajstić information content (AvgIpc) is 2.31. The summed E-state index contributed by atoms with van der Waals surface area (Å²) in [6, 6.07) is 3.62. The van der Waals surface area contributed by atoms with Crippen LogP contribution in [-0.4, -0.2) is 36.6 Å². The van der Waals surface area contributed by atoms with E-state index in [-0.39, 0.29) is 23.5 Å². The Morgan fingerprint density at radius 2 is 2.17 bits per heavy atom. The number of rotatable bonds is 5. The molecule has 5 heteroatoms. The van der Waals surface area contributed by atoms with Gasteiger partial charge in [0.05, 0.1) is 0 Å². The van der Waals surface area contributed by atoms with Crippen LogP contribution in [0, 0.1) is 5.82 Å². The standard InChI is InChI=1S/C13H19FN2O2/c1-9(15-7-6-13(18)16(2)3)11-8-10(14)4-5-12(11)17/h4-5,8-9,15,17H,6-7H2,1-3H3. The number of phenolic OH excluding ortho intramolecular Hbond substituents is 1. The fourth-order valence-corrected chi connectivity index (χ4v) is 1.60. The molecule has 2 N–H and O–H groups in total. The Morgan fingerprint density at radius 3 is 2.78 bits per heavy atom. The van der Waals surface area contributed by atoms with E-state index in [0.29, 0.717) is 18.5 Å². The minimum atomic E-state index is -0.388. The lowest BCUT2D eigenvalue weighted by Gasteiger charge is -2.16. The Hall–Kier alpha value is -1.62. The predicted octanol–water partition coefficient (Wildman–Crippen LogP) is 1.66. The summed E-state index contributed by atoms with van der Waals surface area (Å²) in [5.74, 6) is -0.311. The van der Waals surface area contributed by atoms with Crippen LogP contribution in [0.5, 0.6) is 5.75 Å². The van der Waals surface area contributed by atoms with Gasteiger partial charge in [-0.15, -0.1) is 0 Å². The summed E-state index contributed by atoms with van der Waals surface area (Å²) < 4.78 is 13.1. The van der Waals surface area contributed by atoms with Crippen molar-refractivity contribution in [3.05, 3.63) is 29.6 Å². The van der Waals surface area contributed by atoms with Crippen LogP contribution >= 0.6 is 0 Å². The topological polar surface area (TPSA) is 52.6 Å². The number of hydrogen-bond donors (Lipinski definition) is 2. The van der Waals surface area contributed by atoms with E-state index in [2.05, 4.69) is 5.32 Å². The molecule has 0 fully saturated rings. The molecule has 0 bridgehead atoms. The van der Waals surface area contributed by atoms with E-state index in [4.69, 9.17) is 0 Å². The first kappa shape index (κ1) is 14.4. The summed E-state index contributed by atoms with van der Waals surface area (Å²) >= 11 is 0. The third-order valence-corrected chi connectivity index (χ3v) is 2.74. The van der Waals surface area contributed by atoms with Gasteiger partial charge < -0.3 is 15.3 Å². The molecule has 0 saturated carbocycles. The fourth-order valence-electron chi connectivity index (χ4n) is 1.60. The van der Waals surface area contributed by atoms with Crippen LogP contribution in [-0.2, 0) is 4.79 Å². The van der Waals surface area contributed by atoms with Gasteiger partial charge in [0.1, 0.15) is 11.6 Å². The van der Waals surface area contributed by atoms with Gasteiger partial charge in [-0.1, -0.05) is 0 Å². The number of carbonyl (C=O) groups is 1. The monoisotopic (exact) mass is 254 g/mol. The lowest BCUT2D eigenvalue weighted by molar-refractivity contribution is -0.128. The van der Waals surface area contributed by atoms with Crippen molar-refractivity contribution in [1.82, 2.24) is 10.2 Å². The van der Waals surface area contributed by atoms with Gasteiger partial charge in [-0.2, -0.15) is 0 Å². The van der Waals surface area contributed by atoms with Crippen LogP contribution < -0.4 is 5.32 Å². The third-order valence-electron chi connectivity index (χ3n) is 2.74. The van der Waals surface area contributed by atoms with Gasteiger partial charge in [-0.25, -0.2) is 4.39 Å². The summed E-state index contributed by atoms with van der Waals surface area (Å²) in [6.07, 6.45) is 0.368. The highest BCUT2D eigenvalue weighted by atomic mass is 19.1. The Labute approximate surface area is 106 Å². The van der Waals surface area contributed by atoms with Crippen LogP contribution in [0.25, 0.3) is 0 Å². The summed E-state index contributed by atoms with van der Waals surface area (Å²) in [6.45, 7) is 2.29. The van der Waals surface area contributed by atoms with E-state index in [1.165, 1.54) is 23.1 Å². The maximum atomic E-state index is 13.1. The van der Waals surface area contributed by atoms with Gasteiger partial charge in [0, 0.05) is 38.7 Å². The number of amides is 1. The molecule has 1 aromatic carbocycles. The van der Waals surface area contributed by atoms with Crippen molar-refractivity contribution in [1.29, 1.82) is 0 Å². The van der Waals surface area contributed by atoms with Crippen molar-refractivity contribution < 1.29 is 14.3 Å². The normalized spacial score (nSPS) is 12.2. The second-order valence-corrected chi connectivity index (χ2v) is 4.42. The molecule has 1 atom stereocenters. The fraction of sp³-hybridized carbons (Fsp3) is 0.462. The number of carbonyl (C=O) groups excluding carboxylic acids is 1. The zero-order valence-corrected chi connectivity index (χ0v) is 10.9. The van der Waals surface area contributed by atoms with E-state index < -0.39 is 0 Å². The molecule has 100 valence electrons. The van der Waals surface area contributed by atoms with Gasteiger partial charge in [0.15, 0.2) is 0 Å². The molecular weight excluding hydrogens is 235 g/mol. The molecule has 1 aromatic rings. The smallest absolute Gasteiger partial charge is 0.223 e. The second kappa shape index (κ2) is 6.35. The van der Waals surface area contributed by atoms with Crippen molar-refractivity contribution in [2.45, 2.75) is 19.4 Å². The number of phenols is 1. The van der Waals surface area contributed by atoms with Crippen LogP contribution in [0.15, 0.2) is 18.2 Å². The molecule has 0 aliphatic carbocycles. The first-order valence-electron chi connectivity index (χ1n) is 5.83. The highest BCUT2D eigenvalue weighted by Crippen LogP contribution is 2.24. The number of halogens is 1. The SMILES string of the molecule is CC(NCCC(=O)N(C)C)c1cc(F)ccc1O. The zero-order valence-electron chi connectivity index (χ0n) is 10.9. The van der Waals surface area contributed by atoms with Crippen LogP contribution in [0.2, 0.25) is 0 Å². The molecule has 1 unspecified atom stereocenters. The minimum Gasteiger partial charge on any atom is -0.508 e. The molecule has 1 rings (SSSR count). The molecule has 0 saturated heterocycles. The molecular formula is C13H19FN2O2. The molecule has 1 amide bonds. The Bertz CT molecular complexity index is 421. The largest absolute Gasteiger partial charge is 0.508 e. The van der Waals surface area contributed by atoms with Crippen molar-refractivity contribution >= 4 is 5.91 Å². The zero-order chi connectivity index (χ0) is 13.7. The molecule has 0 aliphatic heterocycles. The molecule has 0 aromatic heterocycles. The van der Waals surface area contributed by atoms with Crippen molar-refractivity contribution in [2.75, 3.05) is 20.6 Å². The quantitative estimate of drug-likeness (QED) is 0.840. The van der Waals surface area contributed by atoms with Gasteiger partial charge in [0.25, 0.3) is 0 Å². The highest BCUT2D eigenvalue weighted by Gasteiger charge is 2.11. The van der Waals surface area contributed by atoms with E-state index in [9.17, 15) is 14.3 Å². The van der Waals surface area contributed by atoms with Gasteiger partial charge in [-0.3, -0.25) is 4.79 Å². The third kappa shape index (κ3) is 4.00. The number of nitrogens with one attached hydrogen (secondary N) is 1. The number of hydrogen-bond acceptors (Lipinski definition) is 3. The Morgan fingerprint density at radius 1 is 1.50 bits per heavy atom. The summed E-state index contributed by atoms with van der Waals surface area (Å²) in [5, 5.41) is 12.7. The van der Waals surface area contributed by atoms with Crippen LogP contribution in [0.3, 0.4) is 0 Å². The predicted molar refractivity (Wildman–Crippen MR) is 67.8 cm³/mol. The summed E-state index contributed by atoms with van der Waals surface area (Å²) in [5.41, 5.74) is 0.493. The molecule has 4 nitrogen and oxygen atoms in total. The Kier molecular flexibility index (Phi) is 5.09. The van der Waals surface area contributed by atoms with E-state index >= 15 is 0 Å². The van der Waals surface area contributed by atoms with Gasteiger partial charge >= 0.3 is 0 Å². The average molecular weight is 254 g/mol. The van der Waals surface area contributed by atoms with Gasteiger partial charge in [-0.05, 0) is 25.1 Å². The first-order valence-corrected chi connectivity index (χ1v) is 5.83. The first-order chi connectivity index (χ1) is 8.41. The number of nitrogens with zero attached hydrogens (tertiary/aromatic N) is 1. The Balaban J connectivity index is 2.53. The minimum absolute atomic E-state index is 0.0261. The van der Waals surface area contributed by atoms with Crippen molar-refractivity contribution in [3.63, 3.8) is 0 Å².